The summed E-state index contributed by atoms with van der Waals surface area (Å²) >= 11 is 0. The molecule has 2 aliphatic rings. The van der Waals surface area contributed by atoms with Gasteiger partial charge in [0.05, 0.1) is 0 Å². The second kappa shape index (κ2) is 6.36. The monoisotopic (exact) mass is 312 g/mol. The van der Waals surface area contributed by atoms with Gasteiger partial charge in [0.25, 0.3) is 5.91 Å². The van der Waals surface area contributed by atoms with Crippen LogP contribution in [0.2, 0.25) is 0 Å². The van der Waals surface area contributed by atoms with E-state index < -0.39 is 0 Å². The Morgan fingerprint density at radius 1 is 1.33 bits per heavy atom. The van der Waals surface area contributed by atoms with Gasteiger partial charge in [-0.3, -0.25) is 9.48 Å². The number of hydrogen-bond donors (Lipinski definition) is 1. The lowest BCUT2D eigenvalue weighted by Gasteiger charge is -2.23. The van der Waals surface area contributed by atoms with Gasteiger partial charge >= 0.3 is 0 Å². The van der Waals surface area contributed by atoms with Gasteiger partial charge in [0.15, 0.2) is 5.69 Å². The van der Waals surface area contributed by atoms with Crippen molar-refractivity contribution in [3.05, 3.63) is 17.5 Å². The summed E-state index contributed by atoms with van der Waals surface area (Å²) in [5, 5.41) is 8.01. The molecule has 0 spiro atoms. The third-order valence-electron chi connectivity index (χ3n) is 4.54. The number of aryl methyl sites for hydroxylation is 1. The number of likely N-dealkylation sites (tertiary alicyclic amines) is 1. The Labute approximate surface area is 132 Å². The van der Waals surface area contributed by atoms with Gasteiger partial charge in [0, 0.05) is 37.9 Å². The minimum atomic E-state index is 0. The molecule has 2 bridgehead atoms. The van der Waals surface area contributed by atoms with Gasteiger partial charge in [-0.25, -0.2) is 0 Å². The molecule has 2 atom stereocenters. The van der Waals surface area contributed by atoms with Crippen LogP contribution in [0.25, 0.3) is 0 Å². The van der Waals surface area contributed by atoms with Crippen LogP contribution in [0.4, 0.5) is 0 Å². The van der Waals surface area contributed by atoms with Crippen LogP contribution in [0.15, 0.2) is 6.07 Å². The molecule has 0 aromatic carbocycles. The molecular weight excluding hydrogens is 288 g/mol. The van der Waals surface area contributed by atoms with Gasteiger partial charge in [0.1, 0.15) is 0 Å². The number of nitrogens with one attached hydrogen (secondary N) is 1. The highest BCUT2D eigenvalue weighted by Gasteiger charge is 2.32. The zero-order valence-electron chi connectivity index (χ0n) is 13.0. The van der Waals surface area contributed by atoms with Crippen LogP contribution in [0, 0.1) is 0 Å². The highest BCUT2D eigenvalue weighted by atomic mass is 35.5. The summed E-state index contributed by atoms with van der Waals surface area (Å²) < 4.78 is 1.83. The summed E-state index contributed by atoms with van der Waals surface area (Å²) in [6.07, 6.45) is 3.51. The quantitative estimate of drug-likeness (QED) is 0.908. The van der Waals surface area contributed by atoms with E-state index in [4.69, 9.17) is 0 Å². The molecule has 1 aromatic rings. The first kappa shape index (κ1) is 16.3. The van der Waals surface area contributed by atoms with Crippen molar-refractivity contribution in [2.24, 2.45) is 7.05 Å². The van der Waals surface area contributed by atoms with Crippen LogP contribution in [0.3, 0.4) is 0 Å². The van der Waals surface area contributed by atoms with E-state index in [9.17, 15) is 4.79 Å². The summed E-state index contributed by atoms with van der Waals surface area (Å²) in [6.45, 7) is 5.92. The van der Waals surface area contributed by atoms with Crippen molar-refractivity contribution in [2.75, 3.05) is 13.1 Å². The number of fused-ring (bicyclic) bond motifs is 2. The summed E-state index contributed by atoms with van der Waals surface area (Å²) in [6, 6.07) is 3.02. The largest absolute Gasteiger partial charge is 0.336 e. The number of halogens is 1. The predicted molar refractivity (Wildman–Crippen MR) is 85.0 cm³/mol. The molecule has 2 saturated heterocycles. The van der Waals surface area contributed by atoms with Gasteiger partial charge < -0.3 is 10.2 Å². The Hall–Kier alpha value is -1.07. The van der Waals surface area contributed by atoms with E-state index in [-0.39, 0.29) is 18.3 Å². The van der Waals surface area contributed by atoms with Crippen LogP contribution in [0.5, 0.6) is 0 Å². The fourth-order valence-electron chi connectivity index (χ4n) is 3.42. The van der Waals surface area contributed by atoms with Crippen molar-refractivity contribution in [3.8, 4) is 0 Å². The van der Waals surface area contributed by atoms with Crippen molar-refractivity contribution < 1.29 is 4.79 Å². The summed E-state index contributed by atoms with van der Waals surface area (Å²) in [4.78, 5) is 14.6. The lowest BCUT2D eigenvalue weighted by molar-refractivity contribution is 0.0741. The van der Waals surface area contributed by atoms with E-state index in [1.54, 1.807) is 0 Å². The molecule has 0 saturated carbocycles. The zero-order chi connectivity index (χ0) is 14.3. The molecule has 2 aliphatic heterocycles. The molecule has 0 radical (unpaired) electrons. The van der Waals surface area contributed by atoms with E-state index in [0.717, 1.165) is 25.2 Å². The van der Waals surface area contributed by atoms with E-state index in [1.807, 2.05) is 22.7 Å². The normalized spacial score (nSPS) is 24.9. The standard InChI is InChI=1S/C15H24N4O.ClH/c1-10(2)14-8-13(17-18(14)3)15(20)19-7-6-11-4-5-12(9-19)16-11;/h8,10-12,16H,4-7,9H2,1-3H3;1H. The Bertz CT molecular complexity index is 514. The molecule has 0 aliphatic carbocycles. The average Bonchev–Trinajstić information content (AvgIpc) is 2.92. The second-order valence-corrected chi connectivity index (χ2v) is 6.41. The lowest BCUT2D eigenvalue weighted by Crippen LogP contribution is -2.39. The molecule has 1 N–H and O–H groups in total. The van der Waals surface area contributed by atoms with Gasteiger partial charge in [-0.05, 0) is 31.2 Å². The van der Waals surface area contributed by atoms with Crippen molar-refractivity contribution in [3.63, 3.8) is 0 Å². The van der Waals surface area contributed by atoms with E-state index in [1.165, 1.54) is 12.8 Å². The first-order valence-electron chi connectivity index (χ1n) is 7.64. The fraction of sp³-hybridized carbons (Fsp3) is 0.733. The Morgan fingerprint density at radius 2 is 2.05 bits per heavy atom. The molecule has 3 heterocycles. The summed E-state index contributed by atoms with van der Waals surface area (Å²) in [5.74, 6) is 0.470. The maximum atomic E-state index is 12.6. The first-order valence-corrected chi connectivity index (χ1v) is 7.64. The molecule has 2 fully saturated rings. The zero-order valence-corrected chi connectivity index (χ0v) is 13.8. The first-order chi connectivity index (χ1) is 9.54. The Kier molecular flexibility index (Phi) is 4.94. The molecule has 3 rings (SSSR count). The van der Waals surface area contributed by atoms with Crippen LogP contribution in [0.1, 0.15) is 55.2 Å². The summed E-state index contributed by atoms with van der Waals surface area (Å²) in [5.41, 5.74) is 1.71. The van der Waals surface area contributed by atoms with Crippen LogP contribution in [-0.4, -0.2) is 45.8 Å². The highest BCUT2D eigenvalue weighted by molar-refractivity contribution is 5.92. The minimum Gasteiger partial charge on any atom is -0.336 e. The van der Waals surface area contributed by atoms with Crippen LogP contribution >= 0.6 is 12.4 Å². The fourth-order valence-corrected chi connectivity index (χ4v) is 3.42. The number of nitrogens with zero attached hydrogens (tertiary/aromatic N) is 3. The SMILES string of the molecule is CC(C)c1cc(C(=O)N2CCC3CCC(C2)N3)nn1C.Cl. The van der Waals surface area contributed by atoms with E-state index in [2.05, 4.69) is 24.3 Å². The molecule has 5 nitrogen and oxygen atoms in total. The number of amides is 1. The Morgan fingerprint density at radius 3 is 2.71 bits per heavy atom. The van der Waals surface area contributed by atoms with E-state index >= 15 is 0 Å². The van der Waals surface area contributed by atoms with Gasteiger partial charge in [-0.2, -0.15) is 5.10 Å². The predicted octanol–water partition coefficient (Wildman–Crippen LogP) is 1.93. The average molecular weight is 313 g/mol. The van der Waals surface area contributed by atoms with E-state index in [0.29, 0.717) is 23.7 Å². The smallest absolute Gasteiger partial charge is 0.274 e. The van der Waals surface area contributed by atoms with Gasteiger partial charge in [0.2, 0.25) is 0 Å². The number of carbonyl (C=O) groups excluding carboxylic acids is 1. The number of aromatic nitrogens is 2. The number of hydrogen-bond acceptors (Lipinski definition) is 3. The van der Waals surface area contributed by atoms with Crippen LogP contribution in [-0.2, 0) is 7.05 Å². The molecule has 6 heteroatoms. The molecule has 1 aromatic heterocycles. The van der Waals surface area contributed by atoms with Crippen LogP contribution < -0.4 is 5.32 Å². The van der Waals surface area contributed by atoms with Crippen molar-refractivity contribution in [1.82, 2.24) is 20.0 Å². The topological polar surface area (TPSA) is 50.2 Å². The second-order valence-electron chi connectivity index (χ2n) is 6.41. The van der Waals surface area contributed by atoms with Gasteiger partial charge in [-0.1, -0.05) is 13.8 Å². The van der Waals surface area contributed by atoms with Gasteiger partial charge in [-0.15, -0.1) is 12.4 Å². The number of rotatable bonds is 2. The highest BCUT2D eigenvalue weighted by Crippen LogP contribution is 2.22. The molecule has 2 unspecified atom stereocenters. The maximum absolute atomic E-state index is 12.6. The molecular formula is C15H25ClN4O. The third kappa shape index (κ3) is 3.24. The Balaban J connectivity index is 0.00000161. The molecule has 21 heavy (non-hydrogen) atoms. The van der Waals surface area contributed by atoms with Crippen molar-refractivity contribution in [1.29, 1.82) is 0 Å². The van der Waals surface area contributed by atoms with Crippen molar-refractivity contribution in [2.45, 2.75) is 51.1 Å². The molecule has 118 valence electrons. The minimum absolute atomic E-state index is 0. The van der Waals surface area contributed by atoms with Crippen molar-refractivity contribution >= 4 is 18.3 Å². The lowest BCUT2D eigenvalue weighted by atomic mass is 10.1. The number of carbonyl (C=O) groups is 1. The molecule has 1 amide bonds. The third-order valence-corrected chi connectivity index (χ3v) is 4.54. The summed E-state index contributed by atoms with van der Waals surface area (Å²) in [7, 11) is 1.91. The maximum Gasteiger partial charge on any atom is 0.274 e.